The molecule has 0 aromatic carbocycles. The van der Waals surface area contributed by atoms with Gasteiger partial charge in [-0.2, -0.15) is 16.9 Å². The lowest BCUT2D eigenvalue weighted by Crippen LogP contribution is -2.19. The van der Waals surface area contributed by atoms with Crippen molar-refractivity contribution >= 4 is 23.1 Å². The van der Waals surface area contributed by atoms with Crippen molar-refractivity contribution in [2.45, 2.75) is 39.2 Å². The molecule has 0 bridgehead atoms. The van der Waals surface area contributed by atoms with Crippen LogP contribution in [0.3, 0.4) is 0 Å². The second kappa shape index (κ2) is 5.41. The van der Waals surface area contributed by atoms with E-state index in [9.17, 15) is 0 Å². The molecule has 0 fully saturated rings. The third-order valence-electron chi connectivity index (χ3n) is 2.96. The fraction of sp³-hybridized carbons (Fsp3) is 0.571. The molecule has 19 heavy (non-hydrogen) atoms. The molecule has 0 spiro atoms. The number of anilines is 1. The average molecular weight is 278 g/mol. The van der Waals surface area contributed by atoms with Crippen LogP contribution in [0.5, 0.6) is 0 Å². The lowest BCUT2D eigenvalue weighted by Gasteiger charge is -2.13. The smallest absolute Gasteiger partial charge is 0.152 e. The van der Waals surface area contributed by atoms with Gasteiger partial charge in [0.25, 0.3) is 0 Å². The predicted octanol–water partition coefficient (Wildman–Crippen LogP) is 3.19. The zero-order chi connectivity index (χ0) is 14.0. The van der Waals surface area contributed by atoms with E-state index in [0.717, 1.165) is 22.8 Å². The summed E-state index contributed by atoms with van der Waals surface area (Å²) in [5, 5.41) is 8.09. The average Bonchev–Trinajstić information content (AvgIpc) is 2.74. The molecule has 2 heterocycles. The molecule has 0 saturated heterocycles. The summed E-state index contributed by atoms with van der Waals surface area (Å²) in [6.45, 7) is 8.69. The Morgan fingerprint density at radius 1 is 1.42 bits per heavy atom. The minimum atomic E-state index is 0.0498. The summed E-state index contributed by atoms with van der Waals surface area (Å²) >= 11 is 1.83. The third-order valence-corrected chi connectivity index (χ3v) is 3.79. The second-order valence-corrected chi connectivity index (χ2v) is 6.80. The molecule has 2 aromatic heterocycles. The number of hydrogen-bond acceptors (Lipinski definition) is 4. The molecule has 104 valence electrons. The maximum absolute atomic E-state index is 4.63. The van der Waals surface area contributed by atoms with Crippen molar-refractivity contribution in [1.29, 1.82) is 0 Å². The number of fused-ring (bicyclic) bond motifs is 1. The van der Waals surface area contributed by atoms with Crippen LogP contribution in [0.1, 0.15) is 33.4 Å². The van der Waals surface area contributed by atoms with Crippen molar-refractivity contribution in [3.8, 4) is 0 Å². The molecule has 0 radical (unpaired) electrons. The Labute approximate surface area is 119 Å². The van der Waals surface area contributed by atoms with E-state index in [-0.39, 0.29) is 5.41 Å². The Bertz CT molecular complexity index is 556. The first kappa shape index (κ1) is 14.2. The fourth-order valence-electron chi connectivity index (χ4n) is 1.92. The molecule has 1 atom stereocenters. The Morgan fingerprint density at radius 2 is 2.16 bits per heavy atom. The molecule has 5 heteroatoms. The standard InChI is InChI=1S/C14H22N4S/c1-10(9-19-5)16-13-11-8-12(14(2,3)4)17-18(11)7-6-15-13/h6-8,10H,9H2,1-5H3,(H,15,16). The number of rotatable bonds is 4. The Morgan fingerprint density at radius 3 is 2.79 bits per heavy atom. The molecule has 4 nitrogen and oxygen atoms in total. The highest BCUT2D eigenvalue weighted by Gasteiger charge is 2.19. The van der Waals surface area contributed by atoms with Gasteiger partial charge in [0.15, 0.2) is 5.82 Å². The first-order valence-electron chi connectivity index (χ1n) is 6.52. The normalized spacial score (nSPS) is 13.7. The second-order valence-electron chi connectivity index (χ2n) is 5.89. The molecule has 0 aliphatic heterocycles. The van der Waals surface area contributed by atoms with Gasteiger partial charge in [-0.15, -0.1) is 0 Å². The van der Waals surface area contributed by atoms with Crippen LogP contribution in [-0.4, -0.2) is 32.6 Å². The van der Waals surface area contributed by atoms with E-state index in [0.29, 0.717) is 6.04 Å². The largest absolute Gasteiger partial charge is 0.365 e. The Hall–Kier alpha value is -1.23. The summed E-state index contributed by atoms with van der Waals surface area (Å²) in [5.74, 6) is 1.97. The molecular formula is C14H22N4S. The van der Waals surface area contributed by atoms with Crippen LogP contribution in [0.2, 0.25) is 0 Å². The first-order valence-corrected chi connectivity index (χ1v) is 7.91. The molecular weight excluding hydrogens is 256 g/mol. The van der Waals surface area contributed by atoms with Crippen molar-refractivity contribution < 1.29 is 0 Å². The lowest BCUT2D eigenvalue weighted by atomic mass is 9.92. The topological polar surface area (TPSA) is 42.2 Å². The van der Waals surface area contributed by atoms with Crippen LogP contribution in [0.15, 0.2) is 18.5 Å². The van der Waals surface area contributed by atoms with Crippen LogP contribution < -0.4 is 5.32 Å². The van der Waals surface area contributed by atoms with E-state index in [2.05, 4.69) is 55.4 Å². The van der Waals surface area contributed by atoms with Gasteiger partial charge in [0.2, 0.25) is 0 Å². The van der Waals surface area contributed by atoms with E-state index in [4.69, 9.17) is 0 Å². The highest BCUT2D eigenvalue weighted by atomic mass is 32.2. The monoisotopic (exact) mass is 278 g/mol. The summed E-state index contributed by atoms with van der Waals surface area (Å²) in [6.07, 6.45) is 5.80. The lowest BCUT2D eigenvalue weighted by molar-refractivity contribution is 0.562. The molecule has 2 rings (SSSR count). The minimum Gasteiger partial charge on any atom is -0.365 e. The van der Waals surface area contributed by atoms with Crippen LogP contribution >= 0.6 is 11.8 Å². The van der Waals surface area contributed by atoms with Gasteiger partial charge < -0.3 is 5.32 Å². The summed E-state index contributed by atoms with van der Waals surface area (Å²) in [7, 11) is 0. The summed E-state index contributed by atoms with van der Waals surface area (Å²) in [4.78, 5) is 4.44. The number of hydrogen-bond donors (Lipinski definition) is 1. The minimum absolute atomic E-state index is 0.0498. The van der Waals surface area contributed by atoms with Gasteiger partial charge in [-0.05, 0) is 19.2 Å². The van der Waals surface area contributed by atoms with E-state index in [1.54, 1.807) is 6.20 Å². The van der Waals surface area contributed by atoms with Crippen LogP contribution in [0.25, 0.3) is 5.52 Å². The van der Waals surface area contributed by atoms with Gasteiger partial charge in [-0.3, -0.25) is 0 Å². The summed E-state index contributed by atoms with van der Waals surface area (Å²) in [5.41, 5.74) is 2.18. The van der Waals surface area contributed by atoms with Gasteiger partial charge in [0.1, 0.15) is 5.52 Å². The molecule has 2 aromatic rings. The first-order chi connectivity index (χ1) is 8.91. The molecule has 1 N–H and O–H groups in total. The van der Waals surface area contributed by atoms with Crippen molar-refractivity contribution in [2.75, 3.05) is 17.3 Å². The van der Waals surface area contributed by atoms with Crippen molar-refractivity contribution in [1.82, 2.24) is 14.6 Å². The van der Waals surface area contributed by atoms with E-state index in [1.165, 1.54) is 0 Å². The third kappa shape index (κ3) is 3.21. The van der Waals surface area contributed by atoms with E-state index < -0.39 is 0 Å². The predicted molar refractivity (Wildman–Crippen MR) is 83.2 cm³/mol. The summed E-state index contributed by atoms with van der Waals surface area (Å²) < 4.78 is 1.90. The van der Waals surface area contributed by atoms with Gasteiger partial charge >= 0.3 is 0 Å². The quantitative estimate of drug-likeness (QED) is 0.932. The van der Waals surface area contributed by atoms with Crippen molar-refractivity contribution in [2.24, 2.45) is 0 Å². The van der Waals surface area contributed by atoms with Crippen molar-refractivity contribution in [3.05, 3.63) is 24.2 Å². The zero-order valence-electron chi connectivity index (χ0n) is 12.3. The van der Waals surface area contributed by atoms with Gasteiger partial charge in [-0.25, -0.2) is 9.50 Å². The molecule has 0 aliphatic rings. The van der Waals surface area contributed by atoms with Crippen LogP contribution in [0.4, 0.5) is 5.82 Å². The fourth-order valence-corrected chi connectivity index (χ4v) is 2.51. The maximum atomic E-state index is 4.63. The number of aromatic nitrogens is 3. The van der Waals surface area contributed by atoms with Crippen molar-refractivity contribution in [3.63, 3.8) is 0 Å². The molecule has 0 aliphatic carbocycles. The highest BCUT2D eigenvalue weighted by molar-refractivity contribution is 7.98. The van der Waals surface area contributed by atoms with Gasteiger partial charge in [0.05, 0.1) is 5.69 Å². The number of nitrogens with zero attached hydrogens (tertiary/aromatic N) is 3. The Kier molecular flexibility index (Phi) is 4.04. The summed E-state index contributed by atoms with van der Waals surface area (Å²) in [6, 6.07) is 2.52. The molecule has 1 unspecified atom stereocenters. The number of thioether (sulfide) groups is 1. The van der Waals surface area contributed by atoms with E-state index in [1.807, 2.05) is 22.5 Å². The van der Waals surface area contributed by atoms with Gasteiger partial charge in [0, 0.05) is 29.6 Å². The molecule has 0 saturated carbocycles. The van der Waals surface area contributed by atoms with Crippen LogP contribution in [-0.2, 0) is 5.41 Å². The zero-order valence-corrected chi connectivity index (χ0v) is 13.1. The highest BCUT2D eigenvalue weighted by Crippen LogP contribution is 2.24. The van der Waals surface area contributed by atoms with Gasteiger partial charge in [-0.1, -0.05) is 20.8 Å². The molecule has 0 amide bonds. The van der Waals surface area contributed by atoms with E-state index >= 15 is 0 Å². The maximum Gasteiger partial charge on any atom is 0.152 e. The number of nitrogens with one attached hydrogen (secondary N) is 1. The Balaban J connectivity index is 2.37. The SMILES string of the molecule is CSCC(C)Nc1nccn2nc(C(C)(C)C)cc12. The van der Waals surface area contributed by atoms with Crippen LogP contribution in [0, 0.1) is 0 Å².